The third kappa shape index (κ3) is 6.76. The zero-order valence-corrected chi connectivity index (χ0v) is 14.1. The number of carbonyl (C=O) groups is 1. The molecule has 0 aliphatic carbocycles. The van der Waals surface area contributed by atoms with Gasteiger partial charge in [-0.05, 0) is 31.2 Å². The van der Waals surface area contributed by atoms with Gasteiger partial charge >= 0.3 is 12.4 Å². The third-order valence-electron chi connectivity index (χ3n) is 3.31. The maximum Gasteiger partial charge on any atom is 0.573 e. The van der Waals surface area contributed by atoms with Crippen LogP contribution in [-0.4, -0.2) is 43.7 Å². The summed E-state index contributed by atoms with van der Waals surface area (Å²) in [4.78, 5) is 16.3. The molecule has 11 heteroatoms. The molecule has 0 bridgehead atoms. The molecule has 0 radical (unpaired) electrons. The van der Waals surface area contributed by atoms with Crippen molar-refractivity contribution in [2.45, 2.75) is 32.0 Å². The van der Waals surface area contributed by atoms with Crippen molar-refractivity contribution in [3.8, 4) is 5.75 Å². The number of hydrogen-bond acceptors (Lipinski definition) is 5. The summed E-state index contributed by atoms with van der Waals surface area (Å²) in [5, 5.41) is 11.4. The second kappa shape index (κ2) is 8.72. The number of ether oxygens (including phenoxy) is 1. The van der Waals surface area contributed by atoms with E-state index in [2.05, 4.69) is 31.0 Å². The van der Waals surface area contributed by atoms with E-state index in [1.165, 1.54) is 12.1 Å². The molecule has 1 aliphatic rings. The standard InChI is InChI=1S/C15H21F3N6O2/c1-9-8-12(20-7-6-19)23-13(21-9)24-14(25)22-10-2-4-11(5-3-10)26-15(16,17)18/h2-5,9,13,21H,6-8,19H2,1H3,(H,20,23)(H2,22,24,25). The molecule has 1 saturated heterocycles. The monoisotopic (exact) mass is 374 g/mol. The van der Waals surface area contributed by atoms with Crippen LogP contribution < -0.4 is 31.7 Å². The fourth-order valence-electron chi connectivity index (χ4n) is 2.33. The van der Waals surface area contributed by atoms with Gasteiger partial charge in [-0.2, -0.15) is 0 Å². The number of benzene rings is 1. The first kappa shape index (κ1) is 19.8. The highest BCUT2D eigenvalue weighted by Crippen LogP contribution is 2.23. The minimum atomic E-state index is -4.76. The SMILES string of the molecule is CC1CC(=NCCN)NC(NC(=O)Nc2ccc(OC(F)(F)F)cc2)N1. The predicted molar refractivity (Wildman–Crippen MR) is 90.8 cm³/mol. The molecule has 2 unspecified atom stereocenters. The Bertz CT molecular complexity index is 635. The summed E-state index contributed by atoms with van der Waals surface area (Å²) in [5.74, 6) is 0.370. The van der Waals surface area contributed by atoms with E-state index < -0.39 is 18.7 Å². The number of anilines is 1. The number of hydrogen-bond donors (Lipinski definition) is 5. The van der Waals surface area contributed by atoms with E-state index in [0.717, 1.165) is 18.0 Å². The smallest absolute Gasteiger partial charge is 0.406 e. The number of rotatable bonds is 5. The number of aliphatic imine (C=N–C) groups is 1. The van der Waals surface area contributed by atoms with Crippen LogP contribution in [0.15, 0.2) is 29.3 Å². The third-order valence-corrected chi connectivity index (χ3v) is 3.31. The van der Waals surface area contributed by atoms with Crippen molar-refractivity contribution in [3.05, 3.63) is 24.3 Å². The number of nitrogens with one attached hydrogen (secondary N) is 4. The molecule has 2 rings (SSSR count). The van der Waals surface area contributed by atoms with Crippen LogP contribution in [0, 0.1) is 0 Å². The minimum absolute atomic E-state index is 0.0943. The number of carbonyl (C=O) groups excluding carboxylic acids is 1. The van der Waals surface area contributed by atoms with E-state index in [1.54, 1.807) is 0 Å². The molecular formula is C15H21F3N6O2. The van der Waals surface area contributed by atoms with Gasteiger partial charge in [0.25, 0.3) is 0 Å². The number of nitrogens with zero attached hydrogens (tertiary/aromatic N) is 1. The highest BCUT2D eigenvalue weighted by atomic mass is 19.4. The first-order valence-corrected chi connectivity index (χ1v) is 7.94. The zero-order chi connectivity index (χ0) is 19.2. The Kier molecular flexibility index (Phi) is 6.64. The largest absolute Gasteiger partial charge is 0.573 e. The molecular weight excluding hydrogens is 353 g/mol. The summed E-state index contributed by atoms with van der Waals surface area (Å²) < 4.78 is 40.1. The number of amides is 2. The van der Waals surface area contributed by atoms with Crippen LogP contribution in [0.2, 0.25) is 0 Å². The zero-order valence-electron chi connectivity index (χ0n) is 14.1. The molecule has 6 N–H and O–H groups in total. The molecule has 0 saturated carbocycles. The van der Waals surface area contributed by atoms with Crippen LogP contribution in [0.5, 0.6) is 5.75 Å². The first-order valence-electron chi connectivity index (χ1n) is 7.94. The number of alkyl halides is 3. The molecule has 1 aliphatic heterocycles. The molecule has 2 amide bonds. The van der Waals surface area contributed by atoms with Gasteiger partial charge in [0.15, 0.2) is 6.29 Å². The lowest BCUT2D eigenvalue weighted by Gasteiger charge is -2.32. The first-order chi connectivity index (χ1) is 12.2. The summed E-state index contributed by atoms with van der Waals surface area (Å²) >= 11 is 0. The van der Waals surface area contributed by atoms with Gasteiger partial charge in [0.2, 0.25) is 0 Å². The Hall–Kier alpha value is -2.53. The van der Waals surface area contributed by atoms with Crippen LogP contribution >= 0.6 is 0 Å². The van der Waals surface area contributed by atoms with Crippen molar-refractivity contribution < 1.29 is 22.7 Å². The number of nitrogens with two attached hydrogens (primary N) is 1. The minimum Gasteiger partial charge on any atom is -0.406 e. The maximum atomic E-state index is 12.1. The van der Waals surface area contributed by atoms with Gasteiger partial charge < -0.3 is 26.4 Å². The molecule has 1 aromatic rings. The molecule has 1 aromatic carbocycles. The van der Waals surface area contributed by atoms with Gasteiger partial charge in [0.1, 0.15) is 11.6 Å². The van der Waals surface area contributed by atoms with Gasteiger partial charge in [0, 0.05) is 24.7 Å². The Morgan fingerprint density at radius 3 is 2.69 bits per heavy atom. The van der Waals surface area contributed by atoms with Crippen LogP contribution in [-0.2, 0) is 0 Å². The van der Waals surface area contributed by atoms with Crippen molar-refractivity contribution in [2.75, 3.05) is 18.4 Å². The molecule has 8 nitrogen and oxygen atoms in total. The maximum absolute atomic E-state index is 12.1. The number of halogens is 3. The van der Waals surface area contributed by atoms with Crippen molar-refractivity contribution in [2.24, 2.45) is 10.7 Å². The summed E-state index contributed by atoms with van der Waals surface area (Å²) in [6, 6.07) is 4.39. The Morgan fingerprint density at radius 1 is 1.38 bits per heavy atom. The van der Waals surface area contributed by atoms with E-state index in [4.69, 9.17) is 5.73 Å². The Balaban J connectivity index is 1.87. The van der Waals surface area contributed by atoms with Gasteiger partial charge in [0.05, 0.1) is 6.54 Å². The van der Waals surface area contributed by atoms with Gasteiger partial charge in [-0.15, -0.1) is 13.2 Å². The lowest BCUT2D eigenvalue weighted by molar-refractivity contribution is -0.274. The van der Waals surface area contributed by atoms with Crippen molar-refractivity contribution in [1.29, 1.82) is 0 Å². The average Bonchev–Trinajstić information content (AvgIpc) is 2.53. The van der Waals surface area contributed by atoms with Gasteiger partial charge in [-0.1, -0.05) is 0 Å². The van der Waals surface area contributed by atoms with Crippen molar-refractivity contribution in [1.82, 2.24) is 16.0 Å². The van der Waals surface area contributed by atoms with E-state index in [0.29, 0.717) is 25.2 Å². The topological polar surface area (TPSA) is 113 Å². The van der Waals surface area contributed by atoms with Crippen LogP contribution in [0.4, 0.5) is 23.7 Å². The number of urea groups is 1. The second-order valence-electron chi connectivity index (χ2n) is 5.64. The second-order valence-corrected chi connectivity index (χ2v) is 5.64. The lowest BCUT2D eigenvalue weighted by Crippen LogP contribution is -2.63. The summed E-state index contributed by atoms with van der Waals surface area (Å²) in [7, 11) is 0. The molecule has 0 aromatic heterocycles. The molecule has 0 spiro atoms. The van der Waals surface area contributed by atoms with Gasteiger partial charge in [-0.25, -0.2) is 4.79 Å². The Morgan fingerprint density at radius 2 is 2.08 bits per heavy atom. The summed E-state index contributed by atoms with van der Waals surface area (Å²) in [5.41, 5.74) is 5.74. The van der Waals surface area contributed by atoms with Gasteiger partial charge in [-0.3, -0.25) is 10.3 Å². The summed E-state index contributed by atoms with van der Waals surface area (Å²) in [6.45, 7) is 2.87. The van der Waals surface area contributed by atoms with E-state index in [9.17, 15) is 18.0 Å². The summed E-state index contributed by atoms with van der Waals surface area (Å²) in [6.07, 6.45) is -4.62. The fourth-order valence-corrected chi connectivity index (χ4v) is 2.33. The average molecular weight is 374 g/mol. The fraction of sp³-hybridized carbons (Fsp3) is 0.467. The molecule has 26 heavy (non-hydrogen) atoms. The van der Waals surface area contributed by atoms with Crippen LogP contribution in [0.3, 0.4) is 0 Å². The Labute approximate surface area is 148 Å². The number of amidine groups is 1. The molecule has 1 fully saturated rings. The normalized spacial score (nSPS) is 21.8. The highest BCUT2D eigenvalue weighted by molar-refractivity contribution is 5.90. The van der Waals surface area contributed by atoms with Crippen LogP contribution in [0.25, 0.3) is 0 Å². The predicted octanol–water partition coefficient (Wildman–Crippen LogP) is 1.32. The highest BCUT2D eigenvalue weighted by Gasteiger charge is 2.31. The van der Waals surface area contributed by atoms with E-state index >= 15 is 0 Å². The van der Waals surface area contributed by atoms with E-state index in [1.807, 2.05) is 6.92 Å². The quantitative estimate of drug-likeness (QED) is 0.534. The lowest BCUT2D eigenvalue weighted by atomic mass is 10.2. The van der Waals surface area contributed by atoms with Crippen molar-refractivity contribution >= 4 is 17.6 Å². The van der Waals surface area contributed by atoms with Crippen molar-refractivity contribution in [3.63, 3.8) is 0 Å². The van der Waals surface area contributed by atoms with E-state index in [-0.39, 0.29) is 11.8 Å². The van der Waals surface area contributed by atoms with Crippen LogP contribution in [0.1, 0.15) is 13.3 Å². The molecule has 1 heterocycles. The molecule has 144 valence electrons. The molecule has 2 atom stereocenters.